The first-order chi connectivity index (χ1) is 9.13. The molecule has 0 fully saturated rings. The Balaban J connectivity index is 2.34. The first-order valence-electron chi connectivity index (χ1n) is 5.69. The van der Waals surface area contributed by atoms with Crippen molar-refractivity contribution < 1.29 is 0 Å². The van der Waals surface area contributed by atoms with E-state index >= 15 is 0 Å². The molecule has 0 saturated heterocycles. The van der Waals surface area contributed by atoms with Crippen molar-refractivity contribution in [1.82, 2.24) is 9.97 Å². The van der Waals surface area contributed by atoms with Crippen molar-refractivity contribution in [3.8, 4) is 0 Å². The molecule has 0 saturated carbocycles. The molecule has 0 atom stereocenters. The quantitative estimate of drug-likeness (QED) is 0.596. The minimum atomic E-state index is 0.447. The van der Waals surface area contributed by atoms with E-state index in [0.717, 1.165) is 0 Å². The summed E-state index contributed by atoms with van der Waals surface area (Å²) in [6.07, 6.45) is 0.702. The van der Waals surface area contributed by atoms with Crippen molar-refractivity contribution in [2.75, 3.05) is 10.7 Å². The molecule has 19 heavy (non-hydrogen) atoms. The first-order valence-corrected chi connectivity index (χ1v) is 6.45. The highest BCUT2D eigenvalue weighted by atomic mass is 35.5. The van der Waals surface area contributed by atoms with Crippen LogP contribution in [0.25, 0.3) is 0 Å². The van der Waals surface area contributed by atoms with E-state index in [1.54, 1.807) is 18.2 Å². The normalized spacial score (nSPS) is 10.3. The summed E-state index contributed by atoms with van der Waals surface area (Å²) in [5, 5.41) is 4.03. The van der Waals surface area contributed by atoms with Gasteiger partial charge in [-0.15, -0.1) is 0 Å². The molecule has 100 valence electrons. The Hall–Kier alpha value is -1.56. The Morgan fingerprint density at radius 1 is 1.21 bits per heavy atom. The van der Waals surface area contributed by atoms with Crippen LogP contribution in [0.5, 0.6) is 0 Å². The minimum Gasteiger partial charge on any atom is -0.339 e. The Morgan fingerprint density at radius 2 is 1.95 bits per heavy atom. The summed E-state index contributed by atoms with van der Waals surface area (Å²) >= 11 is 12.1. The van der Waals surface area contributed by atoms with Crippen LogP contribution in [0.2, 0.25) is 10.0 Å². The van der Waals surface area contributed by atoms with E-state index in [-0.39, 0.29) is 0 Å². The van der Waals surface area contributed by atoms with E-state index in [9.17, 15) is 0 Å². The van der Waals surface area contributed by atoms with Crippen LogP contribution in [0, 0.1) is 0 Å². The summed E-state index contributed by atoms with van der Waals surface area (Å²) in [7, 11) is 0. The van der Waals surface area contributed by atoms with Crippen LogP contribution in [-0.4, -0.2) is 9.97 Å². The van der Waals surface area contributed by atoms with Gasteiger partial charge in [0.25, 0.3) is 0 Å². The molecular weight excluding hydrogens is 285 g/mol. The van der Waals surface area contributed by atoms with E-state index in [2.05, 4.69) is 20.7 Å². The molecule has 0 amide bonds. The first kappa shape index (κ1) is 13.9. The minimum absolute atomic E-state index is 0.447. The van der Waals surface area contributed by atoms with Gasteiger partial charge in [-0.3, -0.25) is 0 Å². The summed E-state index contributed by atoms with van der Waals surface area (Å²) < 4.78 is 0. The molecular formula is C12H13Cl2N5. The molecule has 0 spiro atoms. The van der Waals surface area contributed by atoms with Crippen molar-refractivity contribution in [2.24, 2.45) is 5.84 Å². The van der Waals surface area contributed by atoms with Crippen molar-refractivity contribution >= 4 is 40.5 Å². The maximum atomic E-state index is 6.11. The molecule has 0 radical (unpaired) electrons. The molecule has 0 aliphatic heterocycles. The summed E-state index contributed by atoms with van der Waals surface area (Å²) in [6, 6.07) is 7.04. The number of aromatic nitrogens is 2. The SMILES string of the molecule is CCc1nc(NN)cc(Nc2cccc(Cl)c2Cl)n1. The lowest BCUT2D eigenvalue weighted by Gasteiger charge is -2.10. The van der Waals surface area contributed by atoms with Crippen LogP contribution in [0.1, 0.15) is 12.7 Å². The van der Waals surface area contributed by atoms with Crippen LogP contribution in [0.15, 0.2) is 24.3 Å². The maximum Gasteiger partial charge on any atom is 0.145 e. The van der Waals surface area contributed by atoms with E-state index in [0.29, 0.717) is 39.6 Å². The van der Waals surface area contributed by atoms with Gasteiger partial charge in [0, 0.05) is 12.5 Å². The van der Waals surface area contributed by atoms with E-state index < -0.39 is 0 Å². The number of anilines is 3. The number of hydrogen-bond acceptors (Lipinski definition) is 5. The average Bonchev–Trinajstić information content (AvgIpc) is 2.43. The van der Waals surface area contributed by atoms with Gasteiger partial charge in [-0.1, -0.05) is 36.2 Å². The Labute approximate surface area is 121 Å². The number of aryl methyl sites for hydroxylation is 1. The Kier molecular flexibility index (Phi) is 4.42. The monoisotopic (exact) mass is 297 g/mol. The predicted molar refractivity (Wildman–Crippen MR) is 79.0 cm³/mol. The van der Waals surface area contributed by atoms with Crippen LogP contribution in [0.4, 0.5) is 17.3 Å². The highest BCUT2D eigenvalue weighted by Gasteiger charge is 2.07. The maximum absolute atomic E-state index is 6.11. The standard InChI is InChI=1S/C12H13Cl2N5/c1-2-9-17-10(6-11(18-9)19-15)16-8-5-3-4-7(13)12(8)14/h3-6H,2,15H2,1H3,(H2,16,17,18,19). The number of nitrogens with zero attached hydrogens (tertiary/aromatic N) is 2. The molecule has 2 rings (SSSR count). The van der Waals surface area contributed by atoms with Crippen LogP contribution in [0.3, 0.4) is 0 Å². The van der Waals surface area contributed by atoms with Gasteiger partial charge < -0.3 is 10.7 Å². The van der Waals surface area contributed by atoms with Gasteiger partial charge >= 0.3 is 0 Å². The average molecular weight is 298 g/mol. The summed E-state index contributed by atoms with van der Waals surface area (Å²) in [5.41, 5.74) is 3.18. The van der Waals surface area contributed by atoms with Gasteiger partial charge in [0.15, 0.2) is 0 Å². The van der Waals surface area contributed by atoms with Crippen molar-refractivity contribution in [2.45, 2.75) is 13.3 Å². The lowest BCUT2D eigenvalue weighted by molar-refractivity contribution is 0.941. The molecule has 1 heterocycles. The van der Waals surface area contributed by atoms with E-state index in [4.69, 9.17) is 29.0 Å². The number of nitrogens with two attached hydrogens (primary N) is 1. The fourth-order valence-electron chi connectivity index (χ4n) is 1.53. The third-order valence-electron chi connectivity index (χ3n) is 2.45. The van der Waals surface area contributed by atoms with Gasteiger partial charge in [0.2, 0.25) is 0 Å². The molecule has 0 aliphatic rings. The van der Waals surface area contributed by atoms with Crippen molar-refractivity contribution in [3.63, 3.8) is 0 Å². The number of hydrogen-bond donors (Lipinski definition) is 3. The van der Waals surface area contributed by atoms with Gasteiger partial charge in [0.1, 0.15) is 17.5 Å². The van der Waals surface area contributed by atoms with Crippen LogP contribution in [-0.2, 0) is 6.42 Å². The number of rotatable bonds is 4. The molecule has 0 bridgehead atoms. The van der Waals surface area contributed by atoms with Gasteiger partial charge in [-0.25, -0.2) is 15.8 Å². The molecule has 1 aromatic heterocycles. The van der Waals surface area contributed by atoms with Gasteiger partial charge in [0.05, 0.1) is 15.7 Å². The molecule has 5 nitrogen and oxygen atoms in total. The third-order valence-corrected chi connectivity index (χ3v) is 3.27. The topological polar surface area (TPSA) is 75.9 Å². The zero-order chi connectivity index (χ0) is 13.8. The van der Waals surface area contributed by atoms with E-state index in [1.165, 1.54) is 0 Å². The molecule has 4 N–H and O–H groups in total. The summed E-state index contributed by atoms with van der Waals surface area (Å²) in [5.74, 6) is 7.19. The van der Waals surface area contributed by atoms with Crippen molar-refractivity contribution in [3.05, 3.63) is 40.1 Å². The fraction of sp³-hybridized carbons (Fsp3) is 0.167. The van der Waals surface area contributed by atoms with Crippen LogP contribution < -0.4 is 16.6 Å². The molecule has 7 heteroatoms. The number of hydrazine groups is 1. The molecule has 0 unspecified atom stereocenters. The third kappa shape index (κ3) is 3.26. The Bertz CT molecular complexity index is 566. The van der Waals surface area contributed by atoms with Crippen LogP contribution >= 0.6 is 23.2 Å². The highest BCUT2D eigenvalue weighted by molar-refractivity contribution is 6.43. The number of nitrogens with one attached hydrogen (secondary N) is 2. The fourth-order valence-corrected chi connectivity index (χ4v) is 1.88. The number of halogens is 2. The predicted octanol–water partition coefficient (Wildman–Crippen LogP) is 3.38. The van der Waals surface area contributed by atoms with Gasteiger partial charge in [-0.2, -0.15) is 0 Å². The largest absolute Gasteiger partial charge is 0.339 e. The number of benzene rings is 1. The summed E-state index contributed by atoms with van der Waals surface area (Å²) in [6.45, 7) is 1.96. The molecule has 0 aliphatic carbocycles. The highest BCUT2D eigenvalue weighted by Crippen LogP contribution is 2.31. The zero-order valence-electron chi connectivity index (χ0n) is 10.2. The second-order valence-corrected chi connectivity index (χ2v) is 4.56. The lowest BCUT2D eigenvalue weighted by Crippen LogP contribution is -2.11. The summed E-state index contributed by atoms with van der Waals surface area (Å²) in [4.78, 5) is 8.55. The van der Waals surface area contributed by atoms with Gasteiger partial charge in [-0.05, 0) is 12.1 Å². The Morgan fingerprint density at radius 3 is 2.63 bits per heavy atom. The zero-order valence-corrected chi connectivity index (χ0v) is 11.8. The molecule has 2 aromatic rings. The number of nitrogen functional groups attached to an aromatic ring is 1. The second-order valence-electron chi connectivity index (χ2n) is 3.78. The second kappa shape index (κ2) is 6.06. The van der Waals surface area contributed by atoms with Crippen molar-refractivity contribution in [1.29, 1.82) is 0 Å². The lowest BCUT2D eigenvalue weighted by atomic mass is 10.3. The van der Waals surface area contributed by atoms with E-state index in [1.807, 2.05) is 13.0 Å². The molecule has 1 aromatic carbocycles. The smallest absolute Gasteiger partial charge is 0.145 e.